The highest BCUT2D eigenvalue weighted by Crippen LogP contribution is 2.51. The lowest BCUT2D eigenvalue weighted by Gasteiger charge is -2.33. The van der Waals surface area contributed by atoms with Crippen molar-refractivity contribution in [1.29, 1.82) is 0 Å². The van der Waals surface area contributed by atoms with Gasteiger partial charge in [0.1, 0.15) is 17.6 Å². The molecule has 0 saturated carbocycles. The maximum atomic E-state index is 11.9. The normalized spacial score (nSPS) is 25.9. The van der Waals surface area contributed by atoms with Crippen LogP contribution in [0.4, 0.5) is 0 Å². The number of methoxy groups -OCH3 is 1. The number of carbonyl (C=O) groups is 1. The smallest absolute Gasteiger partial charge is 0.150 e. The van der Waals surface area contributed by atoms with E-state index >= 15 is 0 Å². The number of rotatable bonds is 5. The van der Waals surface area contributed by atoms with Crippen LogP contribution in [-0.4, -0.2) is 29.7 Å². The molecular weight excluding hydrogens is 352 g/mol. The molecule has 0 amide bonds. The second-order valence-corrected chi connectivity index (χ2v) is 7.61. The van der Waals surface area contributed by atoms with Crippen LogP contribution in [0, 0.1) is 0 Å². The van der Waals surface area contributed by atoms with E-state index in [4.69, 9.17) is 4.74 Å². The van der Waals surface area contributed by atoms with Crippen LogP contribution in [0.3, 0.4) is 0 Å². The molecule has 0 bridgehead atoms. The third-order valence-corrected chi connectivity index (χ3v) is 5.88. The summed E-state index contributed by atoms with van der Waals surface area (Å²) in [5.74, 6) is 0.648. The van der Waals surface area contributed by atoms with E-state index in [2.05, 4.69) is 0 Å². The summed E-state index contributed by atoms with van der Waals surface area (Å²) in [4.78, 5) is 11.0. The molecule has 0 aromatic heterocycles. The molecule has 2 N–H and O–H groups in total. The van der Waals surface area contributed by atoms with Crippen molar-refractivity contribution in [3.8, 4) is 5.75 Å². The van der Waals surface area contributed by atoms with Gasteiger partial charge in [0.25, 0.3) is 0 Å². The summed E-state index contributed by atoms with van der Waals surface area (Å²) in [5, 5.41) is 21.6. The molecule has 0 fully saturated rings. The average Bonchev–Trinajstić information content (AvgIpc) is 3.01. The summed E-state index contributed by atoms with van der Waals surface area (Å²) in [6.45, 7) is 0. The molecule has 4 rings (SSSR count). The highest BCUT2D eigenvalue weighted by molar-refractivity contribution is 5.74. The lowest BCUT2D eigenvalue weighted by Crippen LogP contribution is -2.31. The Hall–Kier alpha value is -2.69. The Morgan fingerprint density at radius 1 is 1.21 bits per heavy atom. The van der Waals surface area contributed by atoms with Crippen LogP contribution < -0.4 is 4.74 Å². The molecule has 28 heavy (non-hydrogen) atoms. The largest absolute Gasteiger partial charge is 0.497 e. The molecule has 144 valence electrons. The van der Waals surface area contributed by atoms with Gasteiger partial charge in [-0.05, 0) is 47.2 Å². The Balaban J connectivity index is 1.75. The fourth-order valence-corrected chi connectivity index (χ4v) is 4.38. The van der Waals surface area contributed by atoms with Gasteiger partial charge in [0.15, 0.2) is 0 Å². The van der Waals surface area contributed by atoms with E-state index in [1.54, 1.807) is 25.3 Å². The minimum absolute atomic E-state index is 0.128. The SMILES string of the molecule is COc1ccc2c(c1)CC(c1ccc(C=O)cc1)C2(O)CC1=CCC(O)C=C1. The number of hydrogen-bond acceptors (Lipinski definition) is 4. The third kappa shape index (κ3) is 3.30. The van der Waals surface area contributed by atoms with Gasteiger partial charge in [-0.15, -0.1) is 0 Å². The zero-order chi connectivity index (χ0) is 19.7. The van der Waals surface area contributed by atoms with Crippen molar-refractivity contribution in [2.24, 2.45) is 0 Å². The zero-order valence-corrected chi connectivity index (χ0v) is 15.8. The zero-order valence-electron chi connectivity index (χ0n) is 15.8. The standard InChI is InChI=1S/C24H24O4/c1-28-21-10-11-22-19(12-21)13-23(18-6-2-17(15-25)3-7-18)24(22,27)14-16-4-8-20(26)9-5-16/h2-8,10-12,15,20,23,26-27H,9,13-14H2,1H3. The molecule has 0 aliphatic heterocycles. The van der Waals surface area contributed by atoms with Gasteiger partial charge in [-0.25, -0.2) is 0 Å². The van der Waals surface area contributed by atoms with E-state index in [0.29, 0.717) is 24.8 Å². The Morgan fingerprint density at radius 3 is 2.64 bits per heavy atom. The fraction of sp³-hybridized carbons (Fsp3) is 0.292. The monoisotopic (exact) mass is 376 g/mol. The molecule has 0 radical (unpaired) electrons. The van der Waals surface area contributed by atoms with Gasteiger partial charge >= 0.3 is 0 Å². The maximum absolute atomic E-state index is 11.9. The number of allylic oxidation sites excluding steroid dienone is 1. The molecule has 2 aliphatic rings. The van der Waals surface area contributed by atoms with E-state index in [1.807, 2.05) is 42.5 Å². The first-order valence-corrected chi connectivity index (χ1v) is 9.53. The first-order valence-electron chi connectivity index (χ1n) is 9.53. The van der Waals surface area contributed by atoms with Gasteiger partial charge in [-0.2, -0.15) is 0 Å². The average molecular weight is 376 g/mol. The molecule has 0 saturated heterocycles. The first kappa shape index (κ1) is 18.7. The molecule has 0 heterocycles. The Kier molecular flexibility index (Phi) is 4.92. The molecule has 2 aromatic rings. The van der Waals surface area contributed by atoms with Crippen molar-refractivity contribution in [2.45, 2.75) is 36.9 Å². The molecular formula is C24H24O4. The Labute approximate surface area is 164 Å². The van der Waals surface area contributed by atoms with Gasteiger partial charge in [-0.3, -0.25) is 4.79 Å². The van der Waals surface area contributed by atoms with E-state index in [1.165, 1.54) is 0 Å². The summed E-state index contributed by atoms with van der Waals surface area (Å²) in [6, 6.07) is 13.3. The first-order chi connectivity index (χ1) is 13.5. The second-order valence-electron chi connectivity index (χ2n) is 7.61. The number of benzene rings is 2. The van der Waals surface area contributed by atoms with E-state index in [9.17, 15) is 15.0 Å². The van der Waals surface area contributed by atoms with Gasteiger partial charge < -0.3 is 14.9 Å². The van der Waals surface area contributed by atoms with Crippen LogP contribution in [0.5, 0.6) is 5.75 Å². The summed E-state index contributed by atoms with van der Waals surface area (Å²) in [6.07, 6.45) is 7.78. The van der Waals surface area contributed by atoms with Crippen LogP contribution >= 0.6 is 0 Å². The molecule has 4 nitrogen and oxygen atoms in total. The van der Waals surface area contributed by atoms with Gasteiger partial charge in [0.2, 0.25) is 0 Å². The van der Waals surface area contributed by atoms with E-state index in [0.717, 1.165) is 34.3 Å². The van der Waals surface area contributed by atoms with Crippen LogP contribution in [0.15, 0.2) is 66.3 Å². The Bertz CT molecular complexity index is 942. The van der Waals surface area contributed by atoms with Crippen molar-refractivity contribution >= 4 is 6.29 Å². The molecule has 0 spiro atoms. The van der Waals surface area contributed by atoms with E-state index < -0.39 is 11.7 Å². The number of aliphatic hydroxyl groups excluding tert-OH is 1. The van der Waals surface area contributed by atoms with Crippen LogP contribution in [0.25, 0.3) is 0 Å². The lowest BCUT2D eigenvalue weighted by molar-refractivity contribution is 0.0194. The molecule has 3 unspecified atom stereocenters. The summed E-state index contributed by atoms with van der Waals surface area (Å²) >= 11 is 0. The van der Waals surface area contributed by atoms with Crippen molar-refractivity contribution in [2.75, 3.05) is 7.11 Å². The van der Waals surface area contributed by atoms with Crippen molar-refractivity contribution < 1.29 is 19.7 Å². The number of hydrogen-bond donors (Lipinski definition) is 2. The highest BCUT2D eigenvalue weighted by atomic mass is 16.5. The minimum atomic E-state index is -1.07. The quantitative estimate of drug-likeness (QED) is 0.782. The molecule has 3 atom stereocenters. The Morgan fingerprint density at radius 2 is 2.00 bits per heavy atom. The number of fused-ring (bicyclic) bond motifs is 1. The molecule has 2 aromatic carbocycles. The fourth-order valence-electron chi connectivity index (χ4n) is 4.38. The maximum Gasteiger partial charge on any atom is 0.150 e. The van der Waals surface area contributed by atoms with Crippen LogP contribution in [-0.2, 0) is 12.0 Å². The number of aldehydes is 1. The molecule has 4 heteroatoms. The van der Waals surface area contributed by atoms with Crippen molar-refractivity contribution in [3.63, 3.8) is 0 Å². The highest BCUT2D eigenvalue weighted by Gasteiger charge is 2.46. The minimum Gasteiger partial charge on any atom is -0.497 e. The van der Waals surface area contributed by atoms with E-state index in [-0.39, 0.29) is 5.92 Å². The van der Waals surface area contributed by atoms with Gasteiger partial charge in [0.05, 0.1) is 13.2 Å². The predicted molar refractivity (Wildman–Crippen MR) is 108 cm³/mol. The van der Waals surface area contributed by atoms with Gasteiger partial charge in [0, 0.05) is 17.9 Å². The molecule has 2 aliphatic carbocycles. The third-order valence-electron chi connectivity index (χ3n) is 5.88. The number of ether oxygens (including phenoxy) is 1. The number of carbonyl (C=O) groups excluding carboxylic acids is 1. The second kappa shape index (κ2) is 7.38. The summed E-state index contributed by atoms with van der Waals surface area (Å²) < 4.78 is 5.37. The lowest BCUT2D eigenvalue weighted by atomic mass is 9.77. The topological polar surface area (TPSA) is 66.8 Å². The van der Waals surface area contributed by atoms with Crippen molar-refractivity contribution in [3.05, 3.63) is 88.5 Å². The summed E-state index contributed by atoms with van der Waals surface area (Å²) in [7, 11) is 1.64. The summed E-state index contributed by atoms with van der Waals surface area (Å²) in [5.41, 5.74) is 3.57. The van der Waals surface area contributed by atoms with Crippen molar-refractivity contribution in [1.82, 2.24) is 0 Å². The van der Waals surface area contributed by atoms with Crippen LogP contribution in [0.2, 0.25) is 0 Å². The van der Waals surface area contributed by atoms with Crippen LogP contribution in [0.1, 0.15) is 45.8 Å². The predicted octanol–water partition coefficient (Wildman–Crippen LogP) is 3.67. The van der Waals surface area contributed by atoms with Gasteiger partial charge in [-0.1, -0.05) is 48.6 Å². The number of aliphatic hydroxyl groups is 2.